The summed E-state index contributed by atoms with van der Waals surface area (Å²) in [5, 5.41) is 11.6. The molecule has 1 fully saturated rings. The minimum atomic E-state index is -3.11. The smallest absolute Gasteiger partial charge is 0.151 e. The topological polar surface area (TPSA) is 93.3 Å². The van der Waals surface area contributed by atoms with E-state index in [9.17, 15) is 13.5 Å². The lowest BCUT2D eigenvalue weighted by Gasteiger charge is -2.32. The third-order valence-electron chi connectivity index (χ3n) is 4.35. The van der Waals surface area contributed by atoms with E-state index in [1.807, 2.05) is 24.3 Å². The van der Waals surface area contributed by atoms with Gasteiger partial charge in [-0.1, -0.05) is 12.1 Å². The van der Waals surface area contributed by atoms with E-state index in [-0.39, 0.29) is 18.1 Å². The van der Waals surface area contributed by atoms with E-state index in [0.29, 0.717) is 12.0 Å². The number of aliphatic hydroxyl groups is 1. The highest BCUT2D eigenvalue weighted by Crippen LogP contribution is 2.42. The summed E-state index contributed by atoms with van der Waals surface area (Å²) < 4.78 is 23.6. The molecule has 2 unspecified atom stereocenters. The Morgan fingerprint density at radius 2 is 2.19 bits per heavy atom. The van der Waals surface area contributed by atoms with Gasteiger partial charge in [-0.15, -0.1) is 0 Å². The molecule has 2 aromatic rings. The van der Waals surface area contributed by atoms with Crippen LogP contribution < -0.4 is 5.73 Å². The highest BCUT2D eigenvalue weighted by atomic mass is 32.2. The Bertz CT molecular complexity index is 775. The van der Waals surface area contributed by atoms with Crippen LogP contribution in [-0.2, 0) is 9.84 Å². The van der Waals surface area contributed by atoms with Crippen LogP contribution in [0.3, 0.4) is 0 Å². The van der Waals surface area contributed by atoms with Gasteiger partial charge in [0.15, 0.2) is 9.84 Å². The van der Waals surface area contributed by atoms with Crippen molar-refractivity contribution in [3.8, 4) is 0 Å². The number of fused-ring (bicyclic) bond motifs is 1. The molecule has 0 bridgehead atoms. The minimum absolute atomic E-state index is 0.0528. The van der Waals surface area contributed by atoms with E-state index in [4.69, 9.17) is 5.73 Å². The lowest BCUT2D eigenvalue weighted by molar-refractivity contribution is 0.0473. The lowest BCUT2D eigenvalue weighted by atomic mass is 9.78. The molecule has 1 aromatic carbocycles. The Hall–Kier alpha value is -1.50. The maximum atomic E-state index is 11.8. The summed E-state index contributed by atoms with van der Waals surface area (Å²) in [5.74, 6) is 0.0408. The van der Waals surface area contributed by atoms with Crippen LogP contribution in [0.4, 0.5) is 0 Å². The van der Waals surface area contributed by atoms with Crippen LogP contribution in [0.2, 0.25) is 0 Å². The van der Waals surface area contributed by atoms with E-state index in [0.717, 1.165) is 10.9 Å². The summed E-state index contributed by atoms with van der Waals surface area (Å²) in [7, 11) is -3.11. The van der Waals surface area contributed by atoms with Crippen molar-refractivity contribution in [1.29, 1.82) is 0 Å². The second-order valence-corrected chi connectivity index (χ2v) is 7.95. The molecule has 3 N–H and O–H groups in total. The maximum Gasteiger partial charge on any atom is 0.151 e. The van der Waals surface area contributed by atoms with Gasteiger partial charge in [-0.2, -0.15) is 0 Å². The predicted octanol–water partition coefficient (Wildman–Crippen LogP) is 1.03. The van der Waals surface area contributed by atoms with Crippen LogP contribution in [0.5, 0.6) is 0 Å². The highest BCUT2D eigenvalue weighted by molar-refractivity contribution is 7.91. The first-order valence-corrected chi connectivity index (χ1v) is 8.71. The molecule has 2 heterocycles. The number of hydrogen-bond acceptors (Lipinski definition) is 5. The van der Waals surface area contributed by atoms with Gasteiger partial charge in [-0.05, 0) is 30.2 Å². The minimum Gasteiger partial charge on any atom is -0.388 e. The molecule has 1 saturated heterocycles. The monoisotopic (exact) mass is 306 g/mol. The van der Waals surface area contributed by atoms with Gasteiger partial charge in [-0.3, -0.25) is 4.98 Å². The molecule has 0 spiro atoms. The van der Waals surface area contributed by atoms with Crippen molar-refractivity contribution >= 4 is 20.7 Å². The number of benzene rings is 1. The average molecular weight is 306 g/mol. The molecule has 3 rings (SSSR count). The van der Waals surface area contributed by atoms with Gasteiger partial charge < -0.3 is 10.8 Å². The lowest BCUT2D eigenvalue weighted by Crippen LogP contribution is -2.38. The van der Waals surface area contributed by atoms with Gasteiger partial charge >= 0.3 is 0 Å². The van der Waals surface area contributed by atoms with Crippen LogP contribution in [0, 0.1) is 5.41 Å². The molecule has 21 heavy (non-hydrogen) atoms. The Balaban J connectivity index is 2.01. The van der Waals surface area contributed by atoms with Gasteiger partial charge in [0.1, 0.15) is 0 Å². The molecule has 0 saturated carbocycles. The molecule has 2 atom stereocenters. The number of nitrogens with two attached hydrogens (primary N) is 1. The molecule has 112 valence electrons. The molecule has 0 amide bonds. The van der Waals surface area contributed by atoms with Crippen molar-refractivity contribution in [2.24, 2.45) is 11.1 Å². The van der Waals surface area contributed by atoms with Crippen molar-refractivity contribution in [3.05, 3.63) is 42.1 Å². The van der Waals surface area contributed by atoms with Crippen LogP contribution in [0.25, 0.3) is 10.9 Å². The summed E-state index contributed by atoms with van der Waals surface area (Å²) in [4.78, 5) is 4.24. The zero-order valence-corrected chi connectivity index (χ0v) is 12.4. The van der Waals surface area contributed by atoms with E-state index in [1.165, 1.54) is 0 Å². The number of rotatable bonds is 3. The summed E-state index contributed by atoms with van der Waals surface area (Å²) in [6.45, 7) is 0.151. The predicted molar refractivity (Wildman–Crippen MR) is 81.5 cm³/mol. The molecule has 1 aliphatic rings. The maximum absolute atomic E-state index is 11.8. The number of aliphatic hydroxyl groups excluding tert-OH is 1. The summed E-state index contributed by atoms with van der Waals surface area (Å²) in [6.07, 6.45) is 1.23. The van der Waals surface area contributed by atoms with Crippen LogP contribution in [0.15, 0.2) is 36.5 Å². The molecular formula is C15H18N2O3S. The molecule has 5 nitrogen and oxygen atoms in total. The summed E-state index contributed by atoms with van der Waals surface area (Å²) in [6, 6.07) is 9.23. The fourth-order valence-corrected chi connectivity index (χ4v) is 5.20. The van der Waals surface area contributed by atoms with E-state index < -0.39 is 21.4 Å². The van der Waals surface area contributed by atoms with Gasteiger partial charge in [0.05, 0.1) is 23.1 Å². The summed E-state index contributed by atoms with van der Waals surface area (Å²) in [5.41, 5.74) is 6.56. The first-order valence-electron chi connectivity index (χ1n) is 6.89. The molecule has 1 aliphatic heterocycles. The quantitative estimate of drug-likeness (QED) is 0.883. The van der Waals surface area contributed by atoms with E-state index in [1.54, 1.807) is 12.3 Å². The number of aromatic nitrogens is 1. The third-order valence-corrected chi connectivity index (χ3v) is 6.19. The SMILES string of the molecule is NCC1(C(O)c2ccc3ncccc3c2)CCS(=O)(=O)C1. The average Bonchev–Trinajstić information content (AvgIpc) is 2.82. The van der Waals surface area contributed by atoms with Gasteiger partial charge in [-0.25, -0.2) is 8.42 Å². The third kappa shape index (κ3) is 2.54. The zero-order chi connectivity index (χ0) is 15.1. The highest BCUT2D eigenvalue weighted by Gasteiger charge is 2.46. The Morgan fingerprint density at radius 3 is 2.86 bits per heavy atom. The Kier molecular flexibility index (Phi) is 3.47. The second kappa shape index (κ2) is 5.05. The van der Waals surface area contributed by atoms with Crippen molar-refractivity contribution in [3.63, 3.8) is 0 Å². The first-order chi connectivity index (χ1) is 9.96. The van der Waals surface area contributed by atoms with Crippen LogP contribution >= 0.6 is 0 Å². The van der Waals surface area contributed by atoms with Crippen molar-refractivity contribution in [2.75, 3.05) is 18.1 Å². The van der Waals surface area contributed by atoms with E-state index in [2.05, 4.69) is 4.98 Å². The van der Waals surface area contributed by atoms with E-state index >= 15 is 0 Å². The standard InChI is InChI=1S/C15H18N2O3S/c16-9-15(5-7-21(19,20)10-15)14(18)12-3-4-13-11(8-12)2-1-6-17-13/h1-4,6,8,14,18H,5,7,9-10,16H2. The van der Waals surface area contributed by atoms with Gasteiger partial charge in [0, 0.05) is 23.5 Å². The Morgan fingerprint density at radius 1 is 1.38 bits per heavy atom. The molecule has 1 aromatic heterocycles. The second-order valence-electron chi connectivity index (χ2n) is 5.77. The van der Waals surface area contributed by atoms with Crippen molar-refractivity contribution in [2.45, 2.75) is 12.5 Å². The van der Waals surface area contributed by atoms with Crippen molar-refractivity contribution in [1.82, 2.24) is 4.98 Å². The first kappa shape index (κ1) is 14.4. The molecule has 0 radical (unpaired) electrons. The Labute approximate surface area is 123 Å². The van der Waals surface area contributed by atoms with Crippen LogP contribution in [-0.4, -0.2) is 36.6 Å². The van der Waals surface area contributed by atoms with Crippen molar-refractivity contribution < 1.29 is 13.5 Å². The zero-order valence-electron chi connectivity index (χ0n) is 11.6. The fourth-order valence-electron chi connectivity index (χ4n) is 3.05. The van der Waals surface area contributed by atoms with Gasteiger partial charge in [0.25, 0.3) is 0 Å². The largest absolute Gasteiger partial charge is 0.388 e. The fraction of sp³-hybridized carbons (Fsp3) is 0.400. The number of sulfone groups is 1. The molecular weight excluding hydrogens is 288 g/mol. The van der Waals surface area contributed by atoms with Gasteiger partial charge in [0.2, 0.25) is 0 Å². The number of hydrogen-bond donors (Lipinski definition) is 2. The normalized spacial score (nSPS) is 26.0. The summed E-state index contributed by atoms with van der Waals surface area (Å²) >= 11 is 0. The number of nitrogens with zero attached hydrogens (tertiary/aromatic N) is 1. The molecule has 6 heteroatoms. The molecule has 0 aliphatic carbocycles. The van der Waals surface area contributed by atoms with Crippen LogP contribution in [0.1, 0.15) is 18.1 Å². The number of pyridine rings is 1.